The Bertz CT molecular complexity index is 1210. The van der Waals surface area contributed by atoms with Crippen molar-refractivity contribution in [2.45, 2.75) is 6.61 Å². The Kier molecular flexibility index (Phi) is 4.30. The molecule has 0 aliphatic heterocycles. The second-order valence-corrected chi connectivity index (χ2v) is 5.97. The minimum Gasteiger partial charge on any atom is -0.496 e. The first kappa shape index (κ1) is 16.8. The van der Waals surface area contributed by atoms with Crippen molar-refractivity contribution in [2.75, 3.05) is 7.11 Å². The molecule has 0 saturated heterocycles. The summed E-state index contributed by atoms with van der Waals surface area (Å²) in [5, 5.41) is 2.06. The fraction of sp³-hybridized carbons (Fsp3) is 0.0952. The van der Waals surface area contributed by atoms with Gasteiger partial charge in [0.05, 0.1) is 23.6 Å². The highest BCUT2D eigenvalue weighted by Gasteiger charge is 2.15. The van der Waals surface area contributed by atoms with Crippen LogP contribution in [-0.2, 0) is 11.3 Å². The molecule has 0 atom stereocenters. The maximum absolute atomic E-state index is 12.6. The van der Waals surface area contributed by atoms with Gasteiger partial charge >= 0.3 is 5.97 Å². The fourth-order valence-corrected chi connectivity index (χ4v) is 3.04. The van der Waals surface area contributed by atoms with E-state index in [1.165, 1.54) is 0 Å². The maximum atomic E-state index is 12.6. The molecule has 0 aliphatic carbocycles. The zero-order valence-corrected chi connectivity index (χ0v) is 14.6. The van der Waals surface area contributed by atoms with Crippen molar-refractivity contribution in [2.24, 2.45) is 0 Å². The van der Waals surface area contributed by atoms with Crippen LogP contribution in [0.25, 0.3) is 21.7 Å². The number of nitrogens with zero attached hydrogens (tertiary/aromatic N) is 1. The highest BCUT2D eigenvalue weighted by atomic mass is 16.5. The van der Waals surface area contributed by atoms with Crippen LogP contribution < -0.4 is 10.3 Å². The number of aromatic amines is 1. The molecule has 6 heteroatoms. The third-order valence-corrected chi connectivity index (χ3v) is 4.33. The fourth-order valence-electron chi connectivity index (χ4n) is 3.04. The van der Waals surface area contributed by atoms with Crippen molar-refractivity contribution < 1.29 is 14.3 Å². The lowest BCUT2D eigenvalue weighted by Gasteiger charge is -2.10. The molecule has 1 N–H and O–H groups in total. The van der Waals surface area contributed by atoms with Gasteiger partial charge in [-0.3, -0.25) is 4.79 Å². The van der Waals surface area contributed by atoms with E-state index in [0.717, 1.165) is 10.8 Å². The second-order valence-electron chi connectivity index (χ2n) is 5.97. The summed E-state index contributed by atoms with van der Waals surface area (Å²) < 4.78 is 10.7. The standard InChI is InChI=1S/C21H16N2O4/c1-26-18-11-10-15(13-6-2-3-7-14(13)18)21(25)27-12-19-22-17-9-5-4-8-16(17)20(24)23-19/h2-11H,12H2,1H3,(H,22,23,24). The second kappa shape index (κ2) is 6.92. The van der Waals surface area contributed by atoms with Crippen molar-refractivity contribution in [3.8, 4) is 5.75 Å². The summed E-state index contributed by atoms with van der Waals surface area (Å²) in [5.74, 6) is 0.484. The molecule has 4 aromatic rings. The smallest absolute Gasteiger partial charge is 0.339 e. The van der Waals surface area contributed by atoms with Gasteiger partial charge in [-0.15, -0.1) is 0 Å². The number of methoxy groups -OCH3 is 1. The molecule has 4 rings (SSSR count). The third-order valence-electron chi connectivity index (χ3n) is 4.33. The van der Waals surface area contributed by atoms with Gasteiger partial charge in [-0.05, 0) is 29.7 Å². The van der Waals surface area contributed by atoms with Crippen LogP contribution in [0.4, 0.5) is 0 Å². The lowest BCUT2D eigenvalue weighted by Crippen LogP contribution is -2.14. The average Bonchev–Trinajstić information content (AvgIpc) is 2.71. The first-order valence-corrected chi connectivity index (χ1v) is 8.38. The Morgan fingerprint density at radius 1 is 0.963 bits per heavy atom. The van der Waals surface area contributed by atoms with Gasteiger partial charge in [-0.25, -0.2) is 9.78 Å². The highest BCUT2D eigenvalue weighted by Crippen LogP contribution is 2.28. The van der Waals surface area contributed by atoms with E-state index in [1.54, 1.807) is 43.5 Å². The largest absolute Gasteiger partial charge is 0.496 e. The monoisotopic (exact) mass is 360 g/mol. The zero-order chi connectivity index (χ0) is 18.8. The van der Waals surface area contributed by atoms with Crippen LogP contribution in [0.3, 0.4) is 0 Å². The highest BCUT2D eigenvalue weighted by molar-refractivity contribution is 6.06. The SMILES string of the molecule is COc1ccc(C(=O)OCc2nc3ccccc3c(=O)[nH]2)c2ccccc12. The lowest BCUT2D eigenvalue weighted by molar-refractivity contribution is 0.0464. The summed E-state index contributed by atoms with van der Waals surface area (Å²) in [4.78, 5) is 31.7. The van der Waals surface area contributed by atoms with E-state index < -0.39 is 5.97 Å². The number of carbonyl (C=O) groups is 1. The first-order valence-electron chi connectivity index (χ1n) is 8.38. The van der Waals surface area contributed by atoms with E-state index in [1.807, 2.05) is 24.3 Å². The molecule has 3 aromatic carbocycles. The van der Waals surface area contributed by atoms with E-state index in [-0.39, 0.29) is 12.2 Å². The summed E-state index contributed by atoms with van der Waals surface area (Å²) in [6, 6.07) is 17.9. The van der Waals surface area contributed by atoms with Gasteiger partial charge in [-0.1, -0.05) is 36.4 Å². The molecule has 0 amide bonds. The molecule has 134 valence electrons. The molecule has 0 saturated carbocycles. The first-order chi connectivity index (χ1) is 13.2. The predicted molar refractivity (Wildman–Crippen MR) is 102 cm³/mol. The topological polar surface area (TPSA) is 81.3 Å². The Morgan fingerprint density at radius 2 is 1.67 bits per heavy atom. The Hall–Kier alpha value is -3.67. The number of hydrogen-bond acceptors (Lipinski definition) is 5. The zero-order valence-electron chi connectivity index (χ0n) is 14.6. The van der Waals surface area contributed by atoms with Crippen LogP contribution >= 0.6 is 0 Å². The van der Waals surface area contributed by atoms with Crippen molar-refractivity contribution >= 4 is 27.6 Å². The Morgan fingerprint density at radius 3 is 2.44 bits per heavy atom. The number of rotatable bonds is 4. The summed E-state index contributed by atoms with van der Waals surface area (Å²) in [5.41, 5.74) is 0.721. The number of fused-ring (bicyclic) bond motifs is 2. The third kappa shape index (κ3) is 3.13. The normalized spacial score (nSPS) is 10.9. The van der Waals surface area contributed by atoms with E-state index in [4.69, 9.17) is 9.47 Å². The number of ether oxygens (including phenoxy) is 2. The van der Waals surface area contributed by atoms with E-state index in [2.05, 4.69) is 9.97 Å². The molecule has 0 aliphatic rings. The molecule has 1 heterocycles. The average molecular weight is 360 g/mol. The van der Waals surface area contributed by atoms with Crippen LogP contribution in [0.15, 0.2) is 65.5 Å². The van der Waals surface area contributed by atoms with E-state index in [9.17, 15) is 9.59 Å². The number of carbonyl (C=O) groups excluding carboxylic acids is 1. The summed E-state index contributed by atoms with van der Waals surface area (Å²) in [7, 11) is 1.58. The molecule has 27 heavy (non-hydrogen) atoms. The minimum absolute atomic E-state index is 0.126. The number of nitrogens with one attached hydrogen (secondary N) is 1. The van der Waals surface area contributed by atoms with Gasteiger partial charge in [0, 0.05) is 5.39 Å². The van der Waals surface area contributed by atoms with Gasteiger partial charge in [0.1, 0.15) is 18.2 Å². The number of H-pyrrole nitrogens is 1. The van der Waals surface area contributed by atoms with Crippen molar-refractivity contribution in [3.05, 3.63) is 82.4 Å². The van der Waals surface area contributed by atoms with Crippen LogP contribution in [0.2, 0.25) is 0 Å². The van der Waals surface area contributed by atoms with Gasteiger partial charge < -0.3 is 14.5 Å². The molecule has 0 spiro atoms. The van der Waals surface area contributed by atoms with Crippen LogP contribution in [0.5, 0.6) is 5.75 Å². The number of esters is 1. The molecule has 0 unspecified atom stereocenters. The Balaban J connectivity index is 1.62. The summed E-state index contributed by atoms with van der Waals surface area (Å²) in [6.07, 6.45) is 0. The van der Waals surface area contributed by atoms with E-state index in [0.29, 0.717) is 28.0 Å². The number of para-hydroxylation sites is 1. The van der Waals surface area contributed by atoms with Gasteiger partial charge in [0.15, 0.2) is 0 Å². The number of hydrogen-bond donors (Lipinski definition) is 1. The molecular formula is C21H16N2O4. The van der Waals surface area contributed by atoms with Crippen molar-refractivity contribution in [1.82, 2.24) is 9.97 Å². The number of aromatic nitrogens is 2. The quantitative estimate of drug-likeness (QED) is 0.564. The van der Waals surface area contributed by atoms with Crippen molar-refractivity contribution in [1.29, 1.82) is 0 Å². The maximum Gasteiger partial charge on any atom is 0.339 e. The van der Waals surface area contributed by atoms with Crippen LogP contribution in [0.1, 0.15) is 16.2 Å². The van der Waals surface area contributed by atoms with E-state index >= 15 is 0 Å². The van der Waals surface area contributed by atoms with Crippen LogP contribution in [-0.4, -0.2) is 23.0 Å². The summed E-state index contributed by atoms with van der Waals surface area (Å²) >= 11 is 0. The molecule has 1 aromatic heterocycles. The predicted octanol–water partition coefficient (Wildman–Crippen LogP) is 3.44. The molecule has 0 bridgehead atoms. The molecule has 6 nitrogen and oxygen atoms in total. The molecule has 0 radical (unpaired) electrons. The molecular weight excluding hydrogens is 344 g/mol. The number of benzene rings is 3. The minimum atomic E-state index is -0.496. The Labute approximate surface area is 154 Å². The van der Waals surface area contributed by atoms with Crippen molar-refractivity contribution in [3.63, 3.8) is 0 Å². The van der Waals surface area contributed by atoms with Crippen LogP contribution in [0, 0.1) is 0 Å². The summed E-state index contributed by atoms with van der Waals surface area (Å²) in [6.45, 7) is -0.126. The van der Waals surface area contributed by atoms with Gasteiger partial charge in [-0.2, -0.15) is 0 Å². The molecule has 0 fully saturated rings. The van der Waals surface area contributed by atoms with Gasteiger partial charge in [0.25, 0.3) is 5.56 Å². The van der Waals surface area contributed by atoms with Gasteiger partial charge in [0.2, 0.25) is 0 Å². The lowest BCUT2D eigenvalue weighted by atomic mass is 10.0.